The number of benzene rings is 2. The van der Waals surface area contributed by atoms with Crippen molar-refractivity contribution in [1.82, 2.24) is 4.98 Å². The largest absolute Gasteiger partial charge is 0.325 e. The molecule has 134 valence electrons. The molecule has 3 rings (SSSR count). The zero-order valence-corrected chi connectivity index (χ0v) is 16.8. The van der Waals surface area contributed by atoms with Gasteiger partial charge in [-0.25, -0.2) is 4.98 Å². The second-order valence-electron chi connectivity index (χ2n) is 6.02. The number of hydrogen-bond acceptors (Lipinski definition) is 3. The SMILES string of the molecule is Cc1cc(SCCC(=O)Nc2cc(Cl)ccc2Cl)nc2c(C)cccc12. The molecule has 26 heavy (non-hydrogen) atoms. The molecule has 0 saturated carbocycles. The number of aryl methyl sites for hydroxylation is 2. The van der Waals surface area contributed by atoms with E-state index in [1.54, 1.807) is 30.0 Å². The van der Waals surface area contributed by atoms with E-state index in [2.05, 4.69) is 37.4 Å². The molecule has 1 aromatic heterocycles. The van der Waals surface area contributed by atoms with Crippen LogP contribution in [0.25, 0.3) is 10.9 Å². The number of pyridine rings is 1. The summed E-state index contributed by atoms with van der Waals surface area (Å²) >= 11 is 13.6. The van der Waals surface area contributed by atoms with E-state index in [1.807, 2.05) is 6.07 Å². The summed E-state index contributed by atoms with van der Waals surface area (Å²) in [6.45, 7) is 4.15. The lowest BCUT2D eigenvalue weighted by Crippen LogP contribution is -2.12. The van der Waals surface area contributed by atoms with Crippen LogP contribution in [0.1, 0.15) is 17.5 Å². The Morgan fingerprint density at radius 2 is 1.92 bits per heavy atom. The Bertz CT molecular complexity index is 975. The Morgan fingerprint density at radius 1 is 1.12 bits per heavy atom. The fourth-order valence-corrected chi connectivity index (χ4v) is 3.91. The van der Waals surface area contributed by atoms with Crippen LogP contribution >= 0.6 is 35.0 Å². The van der Waals surface area contributed by atoms with Crippen LogP contribution in [0, 0.1) is 13.8 Å². The number of carbonyl (C=O) groups excluding carboxylic acids is 1. The van der Waals surface area contributed by atoms with Crippen molar-refractivity contribution >= 4 is 57.5 Å². The molecule has 0 atom stereocenters. The van der Waals surface area contributed by atoms with Gasteiger partial charge in [-0.1, -0.05) is 41.4 Å². The highest BCUT2D eigenvalue weighted by atomic mass is 35.5. The molecule has 1 heterocycles. The first-order chi connectivity index (χ1) is 12.4. The lowest BCUT2D eigenvalue weighted by atomic mass is 10.1. The molecule has 6 heteroatoms. The molecule has 0 saturated heterocycles. The highest BCUT2D eigenvalue weighted by Gasteiger charge is 2.09. The van der Waals surface area contributed by atoms with Crippen LogP contribution in [-0.2, 0) is 4.79 Å². The first kappa shape index (κ1) is 19.0. The third kappa shape index (κ3) is 4.50. The van der Waals surface area contributed by atoms with Gasteiger partial charge in [0, 0.05) is 22.6 Å². The Hall–Kier alpha value is -1.75. The van der Waals surface area contributed by atoms with Crippen molar-refractivity contribution in [2.75, 3.05) is 11.1 Å². The maximum atomic E-state index is 12.2. The van der Waals surface area contributed by atoms with E-state index in [1.165, 1.54) is 10.9 Å². The number of rotatable bonds is 5. The first-order valence-electron chi connectivity index (χ1n) is 8.19. The van der Waals surface area contributed by atoms with Gasteiger partial charge in [-0.05, 0) is 49.2 Å². The number of hydrogen-bond donors (Lipinski definition) is 1. The van der Waals surface area contributed by atoms with Crippen LogP contribution in [0.4, 0.5) is 5.69 Å². The van der Waals surface area contributed by atoms with Crippen molar-refractivity contribution in [2.45, 2.75) is 25.3 Å². The second-order valence-corrected chi connectivity index (χ2v) is 7.98. The third-order valence-electron chi connectivity index (χ3n) is 4.01. The zero-order valence-electron chi connectivity index (χ0n) is 14.5. The fourth-order valence-electron chi connectivity index (χ4n) is 2.66. The summed E-state index contributed by atoms with van der Waals surface area (Å²) in [6.07, 6.45) is 0.361. The molecule has 0 bridgehead atoms. The second kappa shape index (κ2) is 8.30. The predicted octanol–water partition coefficient (Wildman–Crippen LogP) is 6.28. The molecule has 0 aliphatic rings. The quantitative estimate of drug-likeness (QED) is 0.508. The monoisotopic (exact) mass is 404 g/mol. The summed E-state index contributed by atoms with van der Waals surface area (Å²) in [7, 11) is 0. The van der Waals surface area contributed by atoms with Gasteiger partial charge in [0.05, 0.1) is 21.3 Å². The molecule has 0 unspecified atom stereocenters. The first-order valence-corrected chi connectivity index (χ1v) is 9.93. The summed E-state index contributed by atoms with van der Waals surface area (Å²) in [4.78, 5) is 16.9. The Labute approximate surface area is 167 Å². The summed E-state index contributed by atoms with van der Waals surface area (Å²) in [6, 6.07) is 13.3. The van der Waals surface area contributed by atoms with Gasteiger partial charge >= 0.3 is 0 Å². The minimum atomic E-state index is -0.102. The topological polar surface area (TPSA) is 42.0 Å². The number of aromatic nitrogens is 1. The molecule has 3 aromatic rings. The van der Waals surface area contributed by atoms with Gasteiger partial charge in [-0.15, -0.1) is 11.8 Å². The van der Waals surface area contributed by atoms with E-state index in [0.29, 0.717) is 27.9 Å². The van der Waals surface area contributed by atoms with Gasteiger partial charge in [0.15, 0.2) is 0 Å². The van der Waals surface area contributed by atoms with Gasteiger partial charge in [-0.3, -0.25) is 4.79 Å². The minimum absolute atomic E-state index is 0.102. The van der Waals surface area contributed by atoms with Gasteiger partial charge < -0.3 is 5.32 Å². The number of anilines is 1. The van der Waals surface area contributed by atoms with Crippen LogP contribution in [0.15, 0.2) is 47.5 Å². The molecule has 2 aromatic carbocycles. The van der Waals surface area contributed by atoms with Crippen LogP contribution < -0.4 is 5.32 Å². The summed E-state index contributed by atoms with van der Waals surface area (Å²) in [5.74, 6) is 0.531. The summed E-state index contributed by atoms with van der Waals surface area (Å²) in [5.41, 5.74) is 3.90. The molecule has 0 aliphatic carbocycles. The molecule has 0 aliphatic heterocycles. The molecule has 1 N–H and O–H groups in total. The number of amides is 1. The third-order valence-corrected chi connectivity index (χ3v) is 5.48. The number of thioether (sulfide) groups is 1. The number of nitrogens with zero attached hydrogens (tertiary/aromatic N) is 1. The number of carbonyl (C=O) groups is 1. The van der Waals surface area contributed by atoms with E-state index in [4.69, 9.17) is 28.2 Å². The average molecular weight is 405 g/mol. The maximum Gasteiger partial charge on any atom is 0.225 e. The van der Waals surface area contributed by atoms with Crippen molar-refractivity contribution in [3.8, 4) is 0 Å². The molecular weight excluding hydrogens is 387 g/mol. The van der Waals surface area contributed by atoms with Crippen LogP contribution in [0.3, 0.4) is 0 Å². The standard InChI is InChI=1S/C20H18Cl2N2OS/c1-12-4-3-5-15-13(2)10-19(24-20(12)15)26-9-8-18(25)23-17-11-14(21)6-7-16(17)22/h3-7,10-11H,8-9H2,1-2H3,(H,23,25). The van der Waals surface area contributed by atoms with E-state index in [9.17, 15) is 4.79 Å². The van der Waals surface area contributed by atoms with Gasteiger partial charge in [0.1, 0.15) is 0 Å². The predicted molar refractivity (Wildman–Crippen MR) is 112 cm³/mol. The molecule has 1 amide bonds. The van der Waals surface area contributed by atoms with Crippen LogP contribution in [0.2, 0.25) is 10.0 Å². The lowest BCUT2D eigenvalue weighted by molar-refractivity contribution is -0.115. The van der Waals surface area contributed by atoms with Crippen molar-refractivity contribution < 1.29 is 4.79 Å². The number of fused-ring (bicyclic) bond motifs is 1. The van der Waals surface area contributed by atoms with E-state index >= 15 is 0 Å². The van der Waals surface area contributed by atoms with Crippen molar-refractivity contribution in [1.29, 1.82) is 0 Å². The molecule has 0 spiro atoms. The van der Waals surface area contributed by atoms with E-state index in [-0.39, 0.29) is 5.91 Å². The molecule has 0 fully saturated rings. The van der Waals surface area contributed by atoms with Crippen molar-refractivity contribution in [3.63, 3.8) is 0 Å². The van der Waals surface area contributed by atoms with Crippen LogP contribution in [-0.4, -0.2) is 16.6 Å². The number of halogens is 2. The Balaban J connectivity index is 1.63. The van der Waals surface area contributed by atoms with Gasteiger partial charge in [0.25, 0.3) is 0 Å². The van der Waals surface area contributed by atoms with Crippen LogP contribution in [0.5, 0.6) is 0 Å². The zero-order chi connectivity index (χ0) is 18.7. The Morgan fingerprint density at radius 3 is 2.73 bits per heavy atom. The molecule has 3 nitrogen and oxygen atoms in total. The number of nitrogens with one attached hydrogen (secondary N) is 1. The highest BCUT2D eigenvalue weighted by Crippen LogP contribution is 2.27. The highest BCUT2D eigenvalue weighted by molar-refractivity contribution is 7.99. The maximum absolute atomic E-state index is 12.2. The van der Waals surface area contributed by atoms with Crippen molar-refractivity contribution in [2.24, 2.45) is 0 Å². The van der Waals surface area contributed by atoms with Crippen molar-refractivity contribution in [3.05, 3.63) is 63.6 Å². The molecular formula is C20H18Cl2N2OS. The molecule has 0 radical (unpaired) electrons. The number of para-hydroxylation sites is 1. The summed E-state index contributed by atoms with van der Waals surface area (Å²) in [5, 5.41) is 5.90. The van der Waals surface area contributed by atoms with Gasteiger partial charge in [0.2, 0.25) is 5.91 Å². The minimum Gasteiger partial charge on any atom is -0.325 e. The summed E-state index contributed by atoms with van der Waals surface area (Å²) < 4.78 is 0. The van der Waals surface area contributed by atoms with E-state index in [0.717, 1.165) is 16.1 Å². The van der Waals surface area contributed by atoms with E-state index < -0.39 is 0 Å². The Kier molecular flexibility index (Phi) is 6.07. The lowest BCUT2D eigenvalue weighted by Gasteiger charge is -2.09. The fraction of sp³-hybridized carbons (Fsp3) is 0.200. The normalized spacial score (nSPS) is 10.9. The smallest absolute Gasteiger partial charge is 0.225 e. The van der Waals surface area contributed by atoms with Gasteiger partial charge in [-0.2, -0.15) is 0 Å². The average Bonchev–Trinajstić information content (AvgIpc) is 2.59.